The molecule has 0 bridgehead atoms. The molecule has 0 aromatic carbocycles. The molecule has 0 saturated carbocycles. The first-order valence-electron chi connectivity index (χ1n) is 18.6. The van der Waals surface area contributed by atoms with E-state index in [0.717, 1.165) is 41.7 Å². The summed E-state index contributed by atoms with van der Waals surface area (Å²) in [4.78, 5) is 25.7. The molecule has 2 heterocycles. The van der Waals surface area contributed by atoms with Crippen LogP contribution in [0, 0.1) is 11.8 Å². The third kappa shape index (κ3) is 18.5. The minimum Gasteiger partial charge on any atom is -0.462 e. The fourth-order valence-electron chi connectivity index (χ4n) is 5.86. The van der Waals surface area contributed by atoms with Crippen molar-refractivity contribution in [3.05, 3.63) is 83.3 Å². The van der Waals surface area contributed by atoms with Crippen LogP contribution in [-0.2, 0) is 32.0 Å². The highest BCUT2D eigenvalue weighted by molar-refractivity contribution is 5.82. The lowest BCUT2D eigenvalue weighted by molar-refractivity contribution is -0.152. The molecular formula is C41H63N3O7. The molecule has 0 amide bonds. The Kier molecular flexibility index (Phi) is 20.3. The number of allylic oxidation sites excluding steroid dienone is 9. The van der Waals surface area contributed by atoms with Crippen molar-refractivity contribution >= 4 is 11.9 Å². The van der Waals surface area contributed by atoms with E-state index >= 15 is 0 Å². The molecule has 284 valence electrons. The minimum absolute atomic E-state index is 0.0624. The minimum atomic E-state index is -1.06. The van der Waals surface area contributed by atoms with Crippen LogP contribution in [0.25, 0.3) is 0 Å². The Morgan fingerprint density at radius 1 is 1.06 bits per heavy atom. The molecule has 1 aliphatic heterocycles. The number of aliphatic hydroxyl groups excluding tert-OH is 3. The van der Waals surface area contributed by atoms with Gasteiger partial charge in [-0.1, -0.05) is 104 Å². The topological polar surface area (TPSA) is 144 Å². The molecule has 3 N–H and O–H groups in total. The second-order valence-corrected chi connectivity index (χ2v) is 14.2. The third-order valence-electron chi connectivity index (χ3n) is 8.90. The number of carbonyl (C=O) groups excluding carboxylic acids is 2. The molecule has 1 aromatic heterocycles. The Morgan fingerprint density at radius 3 is 2.53 bits per heavy atom. The van der Waals surface area contributed by atoms with Crippen LogP contribution in [0.5, 0.6) is 0 Å². The van der Waals surface area contributed by atoms with Gasteiger partial charge in [0.15, 0.2) is 0 Å². The number of nitrogens with zero attached hydrogens (tertiary/aromatic N) is 3. The molecule has 0 fully saturated rings. The van der Waals surface area contributed by atoms with Crippen LogP contribution in [0.4, 0.5) is 0 Å². The summed E-state index contributed by atoms with van der Waals surface area (Å²) in [5, 5.41) is 38.0. The first-order valence-corrected chi connectivity index (χ1v) is 18.6. The summed E-state index contributed by atoms with van der Waals surface area (Å²) in [5.41, 5.74) is 3.60. The van der Waals surface area contributed by atoms with Crippen molar-refractivity contribution in [3.63, 3.8) is 0 Å². The molecule has 0 unspecified atom stereocenters. The number of carbonyl (C=O) groups is 2. The molecule has 1 aliphatic rings. The maximum Gasteiger partial charge on any atom is 0.331 e. The fourth-order valence-corrected chi connectivity index (χ4v) is 5.86. The van der Waals surface area contributed by atoms with Crippen molar-refractivity contribution in [2.75, 3.05) is 0 Å². The molecule has 10 nitrogen and oxygen atoms in total. The van der Waals surface area contributed by atoms with Gasteiger partial charge >= 0.3 is 11.9 Å². The molecular weight excluding hydrogens is 646 g/mol. The number of aryl methyl sites for hydroxylation is 1. The summed E-state index contributed by atoms with van der Waals surface area (Å²) in [7, 11) is 0. The van der Waals surface area contributed by atoms with Gasteiger partial charge in [0.05, 0.1) is 24.0 Å². The van der Waals surface area contributed by atoms with Crippen molar-refractivity contribution in [3.8, 4) is 0 Å². The summed E-state index contributed by atoms with van der Waals surface area (Å²) < 4.78 is 13.7. The molecule has 0 aliphatic carbocycles. The zero-order valence-electron chi connectivity index (χ0n) is 31.9. The fraction of sp³-hybridized carbons (Fsp3) is 0.610. The number of ether oxygens (including phenoxy) is 2. The number of esters is 2. The highest BCUT2D eigenvalue weighted by atomic mass is 16.5. The van der Waals surface area contributed by atoms with Crippen molar-refractivity contribution in [1.29, 1.82) is 0 Å². The monoisotopic (exact) mass is 709 g/mol. The van der Waals surface area contributed by atoms with Crippen LogP contribution in [0.3, 0.4) is 0 Å². The smallest absolute Gasteiger partial charge is 0.331 e. The second kappa shape index (κ2) is 23.8. The van der Waals surface area contributed by atoms with Crippen LogP contribution >= 0.6 is 0 Å². The normalized spacial score (nSPS) is 23.3. The molecule has 0 saturated heterocycles. The van der Waals surface area contributed by atoms with Crippen LogP contribution in [0.15, 0.2) is 77.6 Å². The van der Waals surface area contributed by atoms with Crippen LogP contribution < -0.4 is 0 Å². The molecule has 0 radical (unpaired) electrons. The van der Waals surface area contributed by atoms with E-state index in [1.54, 1.807) is 19.1 Å². The maximum absolute atomic E-state index is 12.8. The predicted molar refractivity (Wildman–Crippen MR) is 201 cm³/mol. The number of hydrogen-bond acceptors (Lipinski definition) is 9. The van der Waals surface area contributed by atoms with Gasteiger partial charge in [0.1, 0.15) is 12.2 Å². The van der Waals surface area contributed by atoms with Crippen molar-refractivity contribution in [1.82, 2.24) is 15.0 Å². The summed E-state index contributed by atoms with van der Waals surface area (Å²) >= 11 is 0. The van der Waals surface area contributed by atoms with Crippen molar-refractivity contribution in [2.24, 2.45) is 11.8 Å². The Hall–Kier alpha value is -3.60. The van der Waals surface area contributed by atoms with Gasteiger partial charge in [0.25, 0.3) is 0 Å². The lowest BCUT2D eigenvalue weighted by Gasteiger charge is -2.26. The van der Waals surface area contributed by atoms with E-state index in [1.807, 2.05) is 56.0 Å². The summed E-state index contributed by atoms with van der Waals surface area (Å²) in [5.74, 6) is -0.522. The van der Waals surface area contributed by atoms with Crippen molar-refractivity contribution < 1.29 is 34.4 Å². The van der Waals surface area contributed by atoms with Gasteiger partial charge in [-0.3, -0.25) is 9.48 Å². The lowest BCUT2D eigenvalue weighted by atomic mass is 9.94. The van der Waals surface area contributed by atoms with Gasteiger partial charge in [0.2, 0.25) is 0 Å². The maximum atomic E-state index is 12.8. The Morgan fingerprint density at radius 2 is 1.80 bits per heavy atom. The lowest BCUT2D eigenvalue weighted by Crippen LogP contribution is -2.29. The first kappa shape index (κ1) is 43.6. The van der Waals surface area contributed by atoms with Gasteiger partial charge in [-0.2, -0.15) is 0 Å². The number of aliphatic hydroxyl groups is 3. The van der Waals surface area contributed by atoms with E-state index in [2.05, 4.69) is 43.2 Å². The molecule has 7 atom stereocenters. The van der Waals surface area contributed by atoms with Crippen molar-refractivity contribution in [2.45, 2.75) is 150 Å². The zero-order valence-corrected chi connectivity index (χ0v) is 31.9. The molecule has 51 heavy (non-hydrogen) atoms. The third-order valence-corrected chi connectivity index (χ3v) is 8.90. The number of cyclic esters (lactones) is 1. The summed E-state index contributed by atoms with van der Waals surface area (Å²) in [6.07, 6.45) is 22.2. The SMILES string of the molecule is CCCCCc1cn(C[C@H](C)[C@H]2C/C=C/C[C@H](C)[C@@H](OC(=O)/C=C/C(C)=C/C(C)=C/C=C/C(C)=C/[C@H](O)[C@@H](O)C[C@H](C)O)CCCC(=O)O2)nn1. The van der Waals surface area contributed by atoms with Gasteiger partial charge in [0, 0.05) is 44.0 Å². The quantitative estimate of drug-likeness (QED) is 0.0509. The highest BCUT2D eigenvalue weighted by Gasteiger charge is 2.25. The second-order valence-electron chi connectivity index (χ2n) is 14.2. The van der Waals surface area contributed by atoms with E-state index in [-0.39, 0.29) is 42.9 Å². The predicted octanol–water partition coefficient (Wildman–Crippen LogP) is 7.07. The highest BCUT2D eigenvalue weighted by Crippen LogP contribution is 2.23. The molecule has 2 rings (SSSR count). The molecule has 1 aromatic rings. The Labute approximate surface area is 305 Å². The first-order chi connectivity index (χ1) is 24.3. The van der Waals surface area contributed by atoms with Gasteiger partial charge in [-0.25, -0.2) is 4.79 Å². The van der Waals surface area contributed by atoms with Gasteiger partial charge in [-0.05, 0) is 65.7 Å². The van der Waals surface area contributed by atoms with E-state index < -0.39 is 24.3 Å². The van der Waals surface area contributed by atoms with E-state index in [4.69, 9.17) is 9.47 Å². The van der Waals surface area contributed by atoms with Gasteiger partial charge in [-0.15, -0.1) is 5.10 Å². The average molecular weight is 710 g/mol. The van der Waals surface area contributed by atoms with Gasteiger partial charge < -0.3 is 24.8 Å². The number of rotatable bonds is 17. The Bertz CT molecular complexity index is 1390. The Balaban J connectivity index is 1.92. The van der Waals surface area contributed by atoms with Crippen LogP contribution in [0.2, 0.25) is 0 Å². The van der Waals surface area contributed by atoms with Crippen LogP contribution in [-0.4, -0.2) is 72.8 Å². The number of hydrogen-bond donors (Lipinski definition) is 3. The number of unbranched alkanes of at least 4 members (excludes halogenated alkanes) is 2. The van der Waals surface area contributed by atoms with Crippen LogP contribution in [0.1, 0.15) is 112 Å². The summed E-state index contributed by atoms with van der Waals surface area (Å²) in [6.45, 7) is 14.2. The standard InChI is InChI=1S/C41H63N3O7/c1-8-9-10-18-35-28-44(43-42-35)27-33(6)39-19-12-11-17-32(5)38(20-14-21-40(48)51-39)50-41(49)23-22-31(4)24-29(2)15-13-16-30(3)25-36(46)37(47)26-34(7)45/h11-13,15-16,22-25,28,32-34,36-39,45-47H,8-10,14,17-21,26-27H2,1-7H3/b12-11+,16-13+,23-22+,29-15+,30-25+,31-24+/t32-,33-,34-,36-,37-,38-,39+/m0/s1. The number of aromatic nitrogens is 3. The van der Waals surface area contributed by atoms with E-state index in [0.29, 0.717) is 25.8 Å². The summed E-state index contributed by atoms with van der Waals surface area (Å²) in [6, 6.07) is 0. The van der Waals surface area contributed by atoms with E-state index in [9.17, 15) is 24.9 Å². The average Bonchev–Trinajstić information content (AvgIpc) is 3.50. The zero-order chi connectivity index (χ0) is 37.8. The molecule has 10 heteroatoms. The van der Waals surface area contributed by atoms with E-state index in [1.165, 1.54) is 18.9 Å². The molecule has 0 spiro atoms. The largest absolute Gasteiger partial charge is 0.462 e.